The van der Waals surface area contributed by atoms with E-state index in [9.17, 15) is 4.79 Å². The molecule has 0 saturated heterocycles. The van der Waals surface area contributed by atoms with Crippen molar-refractivity contribution < 1.29 is 4.79 Å². The molecule has 1 aromatic carbocycles. The Kier molecular flexibility index (Phi) is 1.91. The van der Waals surface area contributed by atoms with E-state index in [-0.39, 0.29) is 5.91 Å². The van der Waals surface area contributed by atoms with Crippen LogP contribution in [0.15, 0.2) is 24.3 Å². The van der Waals surface area contributed by atoms with Gasteiger partial charge < -0.3 is 10.2 Å². The largest absolute Gasteiger partial charge is 0.366 e. The van der Waals surface area contributed by atoms with Gasteiger partial charge in [-0.2, -0.15) is 0 Å². The Labute approximate surface area is 89.1 Å². The molecule has 15 heavy (non-hydrogen) atoms. The molecule has 1 heterocycles. The zero-order chi connectivity index (χ0) is 10.3. The van der Waals surface area contributed by atoms with E-state index in [0.717, 1.165) is 12.2 Å². The fourth-order valence-electron chi connectivity index (χ4n) is 2.15. The molecule has 0 bridgehead atoms. The zero-order valence-corrected chi connectivity index (χ0v) is 8.57. The van der Waals surface area contributed by atoms with Crippen molar-refractivity contribution in [2.45, 2.75) is 25.3 Å². The van der Waals surface area contributed by atoms with Gasteiger partial charge in [-0.3, -0.25) is 4.79 Å². The van der Waals surface area contributed by atoms with Crippen LogP contribution in [0.1, 0.15) is 19.3 Å². The van der Waals surface area contributed by atoms with E-state index >= 15 is 0 Å². The number of benzene rings is 1. The molecule has 78 valence electrons. The molecule has 1 saturated carbocycles. The molecule has 0 aromatic heterocycles. The number of hydrogen-bond donors (Lipinski definition) is 1. The van der Waals surface area contributed by atoms with E-state index in [1.54, 1.807) is 0 Å². The van der Waals surface area contributed by atoms with Crippen LogP contribution < -0.4 is 10.2 Å². The number of nitrogens with zero attached hydrogens (tertiary/aromatic N) is 1. The van der Waals surface area contributed by atoms with E-state index in [4.69, 9.17) is 0 Å². The molecule has 1 amide bonds. The van der Waals surface area contributed by atoms with Gasteiger partial charge in [-0.1, -0.05) is 12.1 Å². The molecule has 0 radical (unpaired) electrons. The first-order valence-electron chi connectivity index (χ1n) is 5.50. The lowest BCUT2D eigenvalue weighted by molar-refractivity contribution is -0.115. The lowest BCUT2D eigenvalue weighted by Gasteiger charge is -2.23. The number of fused-ring (bicyclic) bond motifs is 1. The summed E-state index contributed by atoms with van der Waals surface area (Å²) in [6, 6.07) is 8.74. The summed E-state index contributed by atoms with van der Waals surface area (Å²) in [6.45, 7) is 0.855. The van der Waals surface area contributed by atoms with Gasteiger partial charge in [-0.15, -0.1) is 0 Å². The minimum Gasteiger partial charge on any atom is -0.366 e. The van der Waals surface area contributed by atoms with E-state index in [1.165, 1.54) is 18.5 Å². The Morgan fingerprint density at radius 2 is 2.07 bits per heavy atom. The normalized spacial score (nSPS) is 20.5. The van der Waals surface area contributed by atoms with Crippen LogP contribution in [0.5, 0.6) is 0 Å². The summed E-state index contributed by atoms with van der Waals surface area (Å²) in [4.78, 5) is 13.9. The van der Waals surface area contributed by atoms with Crippen molar-refractivity contribution in [3.8, 4) is 0 Å². The van der Waals surface area contributed by atoms with Gasteiger partial charge in [-0.05, 0) is 25.0 Å². The first kappa shape index (κ1) is 8.77. The van der Waals surface area contributed by atoms with Gasteiger partial charge >= 0.3 is 0 Å². The van der Waals surface area contributed by atoms with Crippen molar-refractivity contribution in [2.24, 2.45) is 0 Å². The van der Waals surface area contributed by atoms with Crippen molar-refractivity contribution >= 4 is 17.3 Å². The van der Waals surface area contributed by atoms with Crippen LogP contribution in [0.2, 0.25) is 0 Å². The summed E-state index contributed by atoms with van der Waals surface area (Å²) in [7, 11) is 0. The molecule has 1 fully saturated rings. The number of amides is 1. The van der Waals surface area contributed by atoms with Crippen molar-refractivity contribution in [1.82, 2.24) is 0 Å². The molecule has 1 aromatic rings. The number of anilines is 2. The monoisotopic (exact) mass is 202 g/mol. The Morgan fingerprint density at radius 3 is 2.87 bits per heavy atom. The first-order chi connectivity index (χ1) is 7.34. The molecular weight excluding hydrogens is 188 g/mol. The van der Waals surface area contributed by atoms with Gasteiger partial charge in [-0.25, -0.2) is 0 Å². The molecule has 3 nitrogen and oxygen atoms in total. The average Bonchev–Trinajstić information content (AvgIpc) is 3.03. The molecule has 0 spiro atoms. The highest BCUT2D eigenvalue weighted by Gasteiger charge is 2.32. The second-order valence-electron chi connectivity index (χ2n) is 4.24. The van der Waals surface area contributed by atoms with Crippen molar-refractivity contribution in [2.75, 3.05) is 16.8 Å². The first-order valence-corrected chi connectivity index (χ1v) is 5.50. The van der Waals surface area contributed by atoms with Gasteiger partial charge in [0.25, 0.3) is 0 Å². The lowest BCUT2D eigenvalue weighted by atomic mass is 10.2. The summed E-state index contributed by atoms with van der Waals surface area (Å²) in [5, 5.41) is 2.95. The molecule has 1 aliphatic carbocycles. The Hall–Kier alpha value is -1.51. The van der Waals surface area contributed by atoms with Gasteiger partial charge in [0.05, 0.1) is 11.4 Å². The summed E-state index contributed by atoms with van der Waals surface area (Å²) in [5.74, 6) is 0.130. The smallest absolute Gasteiger partial charge is 0.226 e. The standard InChI is InChI=1S/C12H14N2O/c15-12-7-8-14(9-5-6-9)11-4-2-1-3-10(11)13-12/h1-4,9H,5-8H2,(H,13,15). The number of carbonyl (C=O) groups excluding carboxylic acids is 1. The number of rotatable bonds is 1. The van der Waals surface area contributed by atoms with Crippen LogP contribution in [0.25, 0.3) is 0 Å². The third-order valence-corrected chi connectivity index (χ3v) is 3.05. The average molecular weight is 202 g/mol. The maximum atomic E-state index is 11.5. The molecule has 1 aliphatic heterocycles. The van der Waals surface area contributed by atoms with E-state index < -0.39 is 0 Å². The fraction of sp³-hybridized carbons (Fsp3) is 0.417. The van der Waals surface area contributed by atoms with Gasteiger partial charge in [0.1, 0.15) is 0 Å². The molecule has 0 unspecified atom stereocenters. The van der Waals surface area contributed by atoms with E-state index in [0.29, 0.717) is 12.5 Å². The van der Waals surface area contributed by atoms with Crippen LogP contribution >= 0.6 is 0 Å². The highest BCUT2D eigenvalue weighted by Crippen LogP contribution is 2.37. The van der Waals surface area contributed by atoms with Crippen molar-refractivity contribution in [1.29, 1.82) is 0 Å². The quantitative estimate of drug-likeness (QED) is 0.755. The highest BCUT2D eigenvalue weighted by molar-refractivity contribution is 5.96. The van der Waals surface area contributed by atoms with E-state index in [1.807, 2.05) is 18.2 Å². The SMILES string of the molecule is O=C1CCN(C2CC2)c2ccccc2N1. The Bertz CT molecular complexity index is 398. The summed E-state index contributed by atoms with van der Waals surface area (Å²) < 4.78 is 0. The van der Waals surface area contributed by atoms with Gasteiger partial charge in [0.2, 0.25) is 5.91 Å². The Morgan fingerprint density at radius 1 is 1.27 bits per heavy atom. The zero-order valence-electron chi connectivity index (χ0n) is 8.57. The van der Waals surface area contributed by atoms with Crippen LogP contribution in [0, 0.1) is 0 Å². The molecular formula is C12H14N2O. The van der Waals surface area contributed by atoms with Crippen LogP contribution in [-0.4, -0.2) is 18.5 Å². The molecule has 0 atom stereocenters. The second-order valence-corrected chi connectivity index (χ2v) is 4.24. The summed E-state index contributed by atoms with van der Waals surface area (Å²) in [6.07, 6.45) is 3.14. The number of para-hydroxylation sites is 2. The molecule has 2 aliphatic rings. The Balaban J connectivity index is 2.01. The summed E-state index contributed by atoms with van der Waals surface area (Å²) in [5.41, 5.74) is 2.15. The molecule has 1 N–H and O–H groups in total. The minimum atomic E-state index is 0.130. The highest BCUT2D eigenvalue weighted by atomic mass is 16.1. The number of nitrogens with one attached hydrogen (secondary N) is 1. The predicted molar refractivity (Wildman–Crippen MR) is 60.1 cm³/mol. The fourth-order valence-corrected chi connectivity index (χ4v) is 2.15. The van der Waals surface area contributed by atoms with E-state index in [2.05, 4.69) is 16.3 Å². The van der Waals surface area contributed by atoms with Crippen LogP contribution in [0.4, 0.5) is 11.4 Å². The minimum absolute atomic E-state index is 0.130. The third kappa shape index (κ3) is 1.58. The second kappa shape index (κ2) is 3.26. The molecule has 3 rings (SSSR count). The maximum Gasteiger partial charge on any atom is 0.226 e. The van der Waals surface area contributed by atoms with Gasteiger partial charge in [0, 0.05) is 19.0 Å². The summed E-state index contributed by atoms with van der Waals surface area (Å²) >= 11 is 0. The predicted octanol–water partition coefficient (Wildman–Crippen LogP) is 2.00. The number of hydrogen-bond acceptors (Lipinski definition) is 2. The van der Waals surface area contributed by atoms with Crippen molar-refractivity contribution in [3.05, 3.63) is 24.3 Å². The van der Waals surface area contributed by atoms with Gasteiger partial charge in [0.15, 0.2) is 0 Å². The van der Waals surface area contributed by atoms with Crippen molar-refractivity contribution in [3.63, 3.8) is 0 Å². The maximum absolute atomic E-state index is 11.5. The van der Waals surface area contributed by atoms with Crippen LogP contribution in [0.3, 0.4) is 0 Å². The number of carbonyl (C=O) groups is 1. The van der Waals surface area contributed by atoms with Crippen LogP contribution in [-0.2, 0) is 4.79 Å². The topological polar surface area (TPSA) is 32.3 Å². The third-order valence-electron chi connectivity index (χ3n) is 3.05. The lowest BCUT2D eigenvalue weighted by Crippen LogP contribution is -2.26. The molecule has 3 heteroatoms.